The highest BCUT2D eigenvalue weighted by Crippen LogP contribution is 2.16. The van der Waals surface area contributed by atoms with Gasteiger partial charge in [0, 0.05) is 18.7 Å². The average Bonchev–Trinajstić information content (AvgIpc) is 2.42. The fourth-order valence-corrected chi connectivity index (χ4v) is 2.55. The Balaban J connectivity index is 2.84. The van der Waals surface area contributed by atoms with E-state index in [1.165, 1.54) is 12.1 Å². The summed E-state index contributed by atoms with van der Waals surface area (Å²) < 4.78 is 32.5. The Kier molecular flexibility index (Phi) is 8.47. The van der Waals surface area contributed by atoms with Gasteiger partial charge in [-0.1, -0.05) is 20.3 Å². The zero-order valence-electron chi connectivity index (χ0n) is 13.3. The summed E-state index contributed by atoms with van der Waals surface area (Å²) in [4.78, 5) is 0. The Labute approximate surface area is 126 Å². The van der Waals surface area contributed by atoms with Crippen LogP contribution in [0.1, 0.15) is 45.6 Å². The van der Waals surface area contributed by atoms with Crippen LogP contribution in [0.15, 0.2) is 18.2 Å². The van der Waals surface area contributed by atoms with E-state index in [1.807, 2.05) is 6.92 Å². The molecular formula is C17H27F2NO. The summed E-state index contributed by atoms with van der Waals surface area (Å²) in [5.41, 5.74) is 0.668. The molecule has 0 aromatic heterocycles. The van der Waals surface area contributed by atoms with Gasteiger partial charge in [-0.25, -0.2) is 8.78 Å². The molecule has 1 N–H and O–H groups in total. The van der Waals surface area contributed by atoms with Crippen molar-refractivity contribution in [1.82, 2.24) is 5.32 Å². The number of hydrogen-bond donors (Lipinski definition) is 1. The maximum Gasteiger partial charge on any atom is 0.126 e. The second-order valence-electron chi connectivity index (χ2n) is 5.32. The lowest BCUT2D eigenvalue weighted by Gasteiger charge is -2.28. The zero-order valence-corrected chi connectivity index (χ0v) is 13.3. The van der Waals surface area contributed by atoms with Crippen molar-refractivity contribution in [3.8, 4) is 0 Å². The van der Waals surface area contributed by atoms with Gasteiger partial charge in [-0.05, 0) is 50.4 Å². The largest absolute Gasteiger partial charge is 0.377 e. The highest BCUT2D eigenvalue weighted by atomic mass is 19.1. The molecule has 0 radical (unpaired) electrons. The van der Waals surface area contributed by atoms with E-state index in [-0.39, 0.29) is 12.1 Å². The van der Waals surface area contributed by atoms with Gasteiger partial charge < -0.3 is 10.1 Å². The van der Waals surface area contributed by atoms with Gasteiger partial charge in [0.05, 0.1) is 6.10 Å². The molecule has 0 fully saturated rings. The third-order valence-electron chi connectivity index (χ3n) is 3.44. The SMILES string of the molecule is CCCNC(Cc1cc(F)cc(F)c1)C(CCC)OCC. The van der Waals surface area contributed by atoms with Crippen LogP contribution in [0.4, 0.5) is 8.78 Å². The first kappa shape index (κ1) is 18.1. The fourth-order valence-electron chi connectivity index (χ4n) is 2.55. The topological polar surface area (TPSA) is 21.3 Å². The van der Waals surface area contributed by atoms with E-state index in [1.54, 1.807) is 0 Å². The normalized spacial score (nSPS) is 14.1. The van der Waals surface area contributed by atoms with Crippen molar-refractivity contribution >= 4 is 0 Å². The summed E-state index contributed by atoms with van der Waals surface area (Å²) >= 11 is 0. The third kappa shape index (κ3) is 6.53. The molecule has 1 rings (SSSR count). The highest BCUT2D eigenvalue weighted by molar-refractivity contribution is 5.19. The standard InChI is InChI=1S/C17H27F2NO/c1-4-7-17(21-6-3)16(20-8-5-2)11-13-9-14(18)12-15(19)10-13/h9-10,12,16-17,20H,4-8,11H2,1-3H3. The van der Waals surface area contributed by atoms with Crippen molar-refractivity contribution in [3.63, 3.8) is 0 Å². The van der Waals surface area contributed by atoms with Gasteiger partial charge in [-0.3, -0.25) is 0 Å². The van der Waals surface area contributed by atoms with Crippen LogP contribution in [-0.4, -0.2) is 25.3 Å². The van der Waals surface area contributed by atoms with Gasteiger partial charge in [0.25, 0.3) is 0 Å². The lowest BCUT2D eigenvalue weighted by molar-refractivity contribution is 0.0281. The van der Waals surface area contributed by atoms with Crippen molar-refractivity contribution in [2.75, 3.05) is 13.2 Å². The van der Waals surface area contributed by atoms with E-state index in [4.69, 9.17) is 4.74 Å². The Morgan fingerprint density at radius 3 is 2.24 bits per heavy atom. The lowest BCUT2D eigenvalue weighted by atomic mass is 9.97. The molecule has 0 heterocycles. The van der Waals surface area contributed by atoms with E-state index in [0.717, 1.165) is 31.9 Å². The molecule has 21 heavy (non-hydrogen) atoms. The molecular weight excluding hydrogens is 272 g/mol. The summed E-state index contributed by atoms with van der Waals surface area (Å²) in [7, 11) is 0. The predicted octanol–water partition coefficient (Wildman–Crippen LogP) is 4.08. The molecule has 0 spiro atoms. The Morgan fingerprint density at radius 2 is 1.71 bits per heavy atom. The molecule has 4 heteroatoms. The molecule has 2 atom stereocenters. The maximum absolute atomic E-state index is 13.3. The van der Waals surface area contributed by atoms with Crippen molar-refractivity contribution < 1.29 is 13.5 Å². The molecule has 1 aromatic rings. The first-order chi connectivity index (χ1) is 10.1. The molecule has 0 saturated heterocycles. The van der Waals surface area contributed by atoms with Crippen molar-refractivity contribution in [3.05, 3.63) is 35.4 Å². The van der Waals surface area contributed by atoms with E-state index in [2.05, 4.69) is 19.2 Å². The lowest BCUT2D eigenvalue weighted by Crippen LogP contribution is -2.43. The summed E-state index contributed by atoms with van der Waals surface area (Å²) in [5, 5.41) is 3.46. The van der Waals surface area contributed by atoms with Gasteiger partial charge in [0.15, 0.2) is 0 Å². The van der Waals surface area contributed by atoms with Crippen LogP contribution < -0.4 is 5.32 Å². The highest BCUT2D eigenvalue weighted by Gasteiger charge is 2.21. The Hall–Kier alpha value is -1.00. The van der Waals surface area contributed by atoms with E-state index in [9.17, 15) is 8.78 Å². The van der Waals surface area contributed by atoms with Crippen LogP contribution in [0.5, 0.6) is 0 Å². The molecule has 0 aliphatic rings. The monoisotopic (exact) mass is 299 g/mol. The summed E-state index contributed by atoms with van der Waals surface area (Å²) in [6.07, 6.45) is 3.61. The second kappa shape index (κ2) is 9.85. The molecule has 0 amide bonds. The first-order valence-electron chi connectivity index (χ1n) is 7.90. The Bertz CT molecular complexity index is 386. The minimum atomic E-state index is -0.525. The quantitative estimate of drug-likeness (QED) is 0.703. The van der Waals surface area contributed by atoms with Crippen LogP contribution in [0.3, 0.4) is 0 Å². The maximum atomic E-state index is 13.3. The second-order valence-corrected chi connectivity index (χ2v) is 5.32. The van der Waals surface area contributed by atoms with Gasteiger partial charge >= 0.3 is 0 Å². The van der Waals surface area contributed by atoms with E-state index < -0.39 is 11.6 Å². The van der Waals surface area contributed by atoms with Crippen molar-refractivity contribution in [1.29, 1.82) is 0 Å². The number of nitrogens with one attached hydrogen (secondary N) is 1. The molecule has 2 nitrogen and oxygen atoms in total. The molecule has 1 aromatic carbocycles. The summed E-state index contributed by atoms with van der Waals surface area (Å²) in [6.45, 7) is 7.70. The van der Waals surface area contributed by atoms with Gasteiger partial charge in [-0.15, -0.1) is 0 Å². The van der Waals surface area contributed by atoms with Crippen LogP contribution >= 0.6 is 0 Å². The van der Waals surface area contributed by atoms with Crippen LogP contribution in [0, 0.1) is 11.6 Å². The van der Waals surface area contributed by atoms with Gasteiger partial charge in [-0.2, -0.15) is 0 Å². The van der Waals surface area contributed by atoms with E-state index in [0.29, 0.717) is 18.6 Å². The van der Waals surface area contributed by atoms with Gasteiger partial charge in [0.1, 0.15) is 11.6 Å². The van der Waals surface area contributed by atoms with E-state index >= 15 is 0 Å². The smallest absolute Gasteiger partial charge is 0.126 e. The number of ether oxygens (including phenoxy) is 1. The summed E-state index contributed by atoms with van der Waals surface area (Å²) in [5.74, 6) is -1.05. The van der Waals surface area contributed by atoms with Gasteiger partial charge in [0.2, 0.25) is 0 Å². The van der Waals surface area contributed by atoms with Crippen LogP contribution in [0.2, 0.25) is 0 Å². The number of benzene rings is 1. The first-order valence-corrected chi connectivity index (χ1v) is 7.90. The number of hydrogen-bond acceptors (Lipinski definition) is 2. The summed E-state index contributed by atoms with van der Waals surface area (Å²) in [6, 6.07) is 3.78. The molecule has 0 saturated carbocycles. The Morgan fingerprint density at radius 1 is 1.05 bits per heavy atom. The third-order valence-corrected chi connectivity index (χ3v) is 3.44. The van der Waals surface area contributed by atoms with Crippen LogP contribution in [0.25, 0.3) is 0 Å². The minimum absolute atomic E-state index is 0.0675. The van der Waals surface area contributed by atoms with Crippen LogP contribution in [-0.2, 0) is 11.2 Å². The molecule has 0 bridgehead atoms. The molecule has 120 valence electrons. The molecule has 0 aliphatic carbocycles. The molecule has 0 aliphatic heterocycles. The molecule has 2 unspecified atom stereocenters. The van der Waals surface area contributed by atoms with Crippen molar-refractivity contribution in [2.45, 2.75) is 58.6 Å². The zero-order chi connectivity index (χ0) is 15.7. The number of rotatable bonds is 10. The minimum Gasteiger partial charge on any atom is -0.377 e. The fraction of sp³-hybridized carbons (Fsp3) is 0.647. The average molecular weight is 299 g/mol. The predicted molar refractivity (Wildman–Crippen MR) is 82.5 cm³/mol. The van der Waals surface area contributed by atoms with Crippen molar-refractivity contribution in [2.24, 2.45) is 0 Å². The number of halogens is 2.